The van der Waals surface area contributed by atoms with Crippen LogP contribution in [0.4, 0.5) is 13.2 Å². The third-order valence-corrected chi connectivity index (χ3v) is 4.73. The molecule has 1 aliphatic carbocycles. The molecule has 5 nitrogen and oxygen atoms in total. The maximum Gasteiger partial charge on any atom is 0.337 e. The molecule has 3 rings (SSSR count). The number of esters is 1. The van der Waals surface area contributed by atoms with Crippen molar-refractivity contribution in [1.29, 1.82) is 0 Å². The first-order valence-corrected chi connectivity index (χ1v) is 9.50. The normalized spacial score (nSPS) is 21.1. The minimum atomic E-state index is -0.996. The average molecular weight is 424 g/mol. The molecule has 30 heavy (non-hydrogen) atoms. The molecule has 1 heterocycles. The molecule has 1 aliphatic heterocycles. The second-order valence-corrected chi connectivity index (χ2v) is 7.35. The summed E-state index contributed by atoms with van der Waals surface area (Å²) in [5.74, 6) is -4.32. The lowest BCUT2D eigenvalue weighted by atomic mass is 9.96. The summed E-state index contributed by atoms with van der Waals surface area (Å²) >= 11 is 0. The number of hydrogen-bond donors (Lipinski definition) is 0. The molecule has 0 N–H and O–H groups in total. The fraction of sp³-hybridized carbons (Fsp3) is 0.409. The van der Waals surface area contributed by atoms with Gasteiger partial charge in [0.25, 0.3) is 0 Å². The van der Waals surface area contributed by atoms with Gasteiger partial charge in [0, 0.05) is 5.57 Å². The van der Waals surface area contributed by atoms with Gasteiger partial charge in [-0.1, -0.05) is 6.08 Å². The Bertz CT molecular complexity index is 918. The summed E-state index contributed by atoms with van der Waals surface area (Å²) < 4.78 is 65.4. The smallest absolute Gasteiger partial charge is 0.337 e. The third kappa shape index (κ3) is 4.94. The van der Waals surface area contributed by atoms with Gasteiger partial charge in [0.05, 0.1) is 24.9 Å². The van der Waals surface area contributed by atoms with E-state index in [9.17, 15) is 13.6 Å². The van der Waals surface area contributed by atoms with Gasteiger partial charge < -0.3 is 18.9 Å². The molecule has 0 amide bonds. The van der Waals surface area contributed by atoms with E-state index >= 15 is 4.39 Å². The van der Waals surface area contributed by atoms with E-state index < -0.39 is 40.9 Å². The summed E-state index contributed by atoms with van der Waals surface area (Å²) in [5.41, 5.74) is -0.464. The van der Waals surface area contributed by atoms with Crippen molar-refractivity contribution in [3.05, 3.63) is 59.0 Å². The zero-order valence-corrected chi connectivity index (χ0v) is 17.0. The molecule has 1 fully saturated rings. The Morgan fingerprint density at radius 2 is 2.00 bits per heavy atom. The molecule has 1 saturated heterocycles. The van der Waals surface area contributed by atoms with E-state index in [1.165, 1.54) is 19.3 Å². The Morgan fingerprint density at radius 3 is 2.67 bits per heavy atom. The number of hydrogen-bond acceptors (Lipinski definition) is 5. The van der Waals surface area contributed by atoms with Gasteiger partial charge in [-0.2, -0.15) is 0 Å². The first kappa shape index (κ1) is 22.1. The number of carbonyl (C=O) groups is 1. The molecule has 0 radical (unpaired) electrons. The highest BCUT2D eigenvalue weighted by molar-refractivity contribution is 5.92. The Labute approximate surface area is 172 Å². The quantitative estimate of drug-likeness (QED) is 0.646. The summed E-state index contributed by atoms with van der Waals surface area (Å²) in [5, 5.41) is 0. The lowest BCUT2D eigenvalue weighted by Gasteiger charge is -2.18. The van der Waals surface area contributed by atoms with E-state index in [0.717, 1.165) is 18.2 Å². The van der Waals surface area contributed by atoms with Crippen LogP contribution in [0.5, 0.6) is 5.75 Å². The second-order valence-electron chi connectivity index (χ2n) is 7.35. The molecule has 1 atom stereocenters. The summed E-state index contributed by atoms with van der Waals surface area (Å²) in [6.45, 7) is 3.78. The number of rotatable bonds is 5. The van der Waals surface area contributed by atoms with Crippen LogP contribution in [0.1, 0.15) is 32.3 Å². The van der Waals surface area contributed by atoms with Crippen molar-refractivity contribution < 1.29 is 36.9 Å². The molecule has 1 aromatic carbocycles. The molecule has 2 aliphatic rings. The minimum Gasteiger partial charge on any atom is -0.488 e. The molecule has 162 valence electrons. The molecule has 0 aromatic heterocycles. The molecular weight excluding hydrogens is 401 g/mol. The fourth-order valence-electron chi connectivity index (χ4n) is 3.29. The Morgan fingerprint density at radius 1 is 1.23 bits per heavy atom. The van der Waals surface area contributed by atoms with Crippen LogP contribution >= 0.6 is 0 Å². The summed E-state index contributed by atoms with van der Waals surface area (Å²) in [7, 11) is 1.22. The Kier molecular flexibility index (Phi) is 6.67. The third-order valence-electron chi connectivity index (χ3n) is 4.73. The van der Waals surface area contributed by atoms with Gasteiger partial charge in [0.15, 0.2) is 17.4 Å². The van der Waals surface area contributed by atoms with Crippen molar-refractivity contribution in [1.82, 2.24) is 0 Å². The van der Waals surface area contributed by atoms with E-state index in [2.05, 4.69) is 4.74 Å². The zero-order chi connectivity index (χ0) is 21.9. The minimum absolute atomic E-state index is 0.00190. The molecule has 1 aromatic rings. The molecular formula is C22H23F3O5. The maximum atomic E-state index is 15.1. The number of methoxy groups -OCH3 is 1. The van der Waals surface area contributed by atoms with Gasteiger partial charge in [-0.25, -0.2) is 18.0 Å². The van der Waals surface area contributed by atoms with Gasteiger partial charge in [0.2, 0.25) is 0 Å². The van der Waals surface area contributed by atoms with Crippen molar-refractivity contribution >= 4 is 11.5 Å². The van der Waals surface area contributed by atoms with Gasteiger partial charge in [-0.15, -0.1) is 0 Å². The summed E-state index contributed by atoms with van der Waals surface area (Å²) in [4.78, 5) is 11.6. The number of allylic oxidation sites excluding steroid dienone is 4. The van der Waals surface area contributed by atoms with Crippen LogP contribution in [0.25, 0.3) is 5.57 Å². The predicted molar refractivity (Wildman–Crippen MR) is 103 cm³/mol. The van der Waals surface area contributed by atoms with Crippen LogP contribution in [-0.2, 0) is 19.0 Å². The van der Waals surface area contributed by atoms with Crippen LogP contribution in [0.3, 0.4) is 0 Å². The van der Waals surface area contributed by atoms with Crippen LogP contribution in [0.15, 0.2) is 41.8 Å². The molecule has 1 unspecified atom stereocenters. The van der Waals surface area contributed by atoms with E-state index in [1.807, 2.05) is 0 Å². The van der Waals surface area contributed by atoms with Gasteiger partial charge in [-0.3, -0.25) is 0 Å². The second kappa shape index (κ2) is 9.06. The lowest BCUT2D eigenvalue weighted by molar-refractivity contribution is -0.141. The summed E-state index contributed by atoms with van der Waals surface area (Å²) in [6.07, 6.45) is 3.52. The van der Waals surface area contributed by atoms with Gasteiger partial charge in [0.1, 0.15) is 24.4 Å². The highest BCUT2D eigenvalue weighted by Crippen LogP contribution is 2.35. The van der Waals surface area contributed by atoms with Gasteiger partial charge in [-0.05, 0) is 51.0 Å². The van der Waals surface area contributed by atoms with Crippen LogP contribution in [-0.4, -0.2) is 38.2 Å². The van der Waals surface area contributed by atoms with E-state index in [-0.39, 0.29) is 43.0 Å². The molecule has 0 bridgehead atoms. The van der Waals surface area contributed by atoms with Crippen molar-refractivity contribution in [2.24, 2.45) is 0 Å². The zero-order valence-electron chi connectivity index (χ0n) is 17.0. The fourth-order valence-corrected chi connectivity index (χ4v) is 3.29. The van der Waals surface area contributed by atoms with E-state index in [4.69, 9.17) is 14.2 Å². The number of carbonyl (C=O) groups excluding carboxylic acids is 1. The van der Waals surface area contributed by atoms with Crippen LogP contribution in [0, 0.1) is 11.6 Å². The average Bonchev–Trinajstić information content (AvgIpc) is 3.04. The van der Waals surface area contributed by atoms with Crippen LogP contribution < -0.4 is 4.74 Å². The summed E-state index contributed by atoms with van der Waals surface area (Å²) in [6, 6.07) is 2.18. The largest absolute Gasteiger partial charge is 0.488 e. The monoisotopic (exact) mass is 424 g/mol. The van der Waals surface area contributed by atoms with Gasteiger partial charge >= 0.3 is 5.97 Å². The first-order chi connectivity index (χ1) is 14.2. The topological polar surface area (TPSA) is 54.0 Å². The molecule has 8 heteroatoms. The van der Waals surface area contributed by atoms with Crippen molar-refractivity contribution in [2.45, 2.75) is 38.6 Å². The van der Waals surface area contributed by atoms with E-state index in [0.29, 0.717) is 0 Å². The highest BCUT2D eigenvalue weighted by Gasteiger charge is 2.33. The highest BCUT2D eigenvalue weighted by atomic mass is 19.1. The van der Waals surface area contributed by atoms with E-state index in [1.54, 1.807) is 13.8 Å². The van der Waals surface area contributed by atoms with Crippen molar-refractivity contribution in [3.63, 3.8) is 0 Å². The van der Waals surface area contributed by atoms with Crippen LogP contribution in [0.2, 0.25) is 0 Å². The SMILES string of the molecule is COC(=O)C1=CCCC(c2c(F)ccc(OCC3COC(C)(C)O3)c2F)=C(F)C=C1. The Hall–Kier alpha value is -2.58. The predicted octanol–water partition coefficient (Wildman–Crippen LogP) is 4.63. The Balaban J connectivity index is 1.84. The standard InChI is InChI=1S/C22H23F3O5/c1-22(2)29-12-14(30-22)11-28-18-10-9-17(24)19(20(18)25)15-6-4-5-13(21(26)27-3)7-8-16(15)23/h5,7-10,14H,4,6,11-12H2,1-3H3. The number of halogens is 3. The molecule has 0 saturated carbocycles. The number of benzene rings is 1. The first-order valence-electron chi connectivity index (χ1n) is 9.50. The van der Waals surface area contributed by atoms with Crippen molar-refractivity contribution in [3.8, 4) is 5.75 Å². The van der Waals surface area contributed by atoms with Crippen molar-refractivity contribution in [2.75, 3.05) is 20.3 Å². The lowest BCUT2D eigenvalue weighted by Crippen LogP contribution is -2.25. The number of ether oxygens (including phenoxy) is 4. The maximum absolute atomic E-state index is 15.1. The molecule has 0 spiro atoms.